The molecule has 0 bridgehead atoms. The van der Waals surface area contributed by atoms with Gasteiger partial charge in [0.15, 0.2) is 6.61 Å². The predicted molar refractivity (Wildman–Crippen MR) is 53.4 cm³/mol. The number of imide groups is 1. The second kappa shape index (κ2) is 3.16. The molecule has 0 fully saturated rings. The molecule has 3 amide bonds. The van der Waals surface area contributed by atoms with Crippen molar-refractivity contribution in [3.63, 3.8) is 0 Å². The largest absolute Gasteiger partial charge is 0.482 e. The lowest BCUT2D eigenvalue weighted by Crippen LogP contribution is -2.46. The molecule has 15 heavy (non-hydrogen) atoms. The number of anilines is 2. The topological polar surface area (TPSA) is 98.7 Å². The number of primary amides is 1. The van der Waals surface area contributed by atoms with Gasteiger partial charge in [0, 0.05) is 5.69 Å². The van der Waals surface area contributed by atoms with Crippen LogP contribution in [-0.4, -0.2) is 18.5 Å². The van der Waals surface area contributed by atoms with Crippen LogP contribution in [0.2, 0.25) is 0 Å². The molecule has 0 aromatic heterocycles. The maximum absolute atomic E-state index is 11.4. The number of hydrogen-bond acceptors (Lipinski definition) is 4. The summed E-state index contributed by atoms with van der Waals surface area (Å²) in [6, 6.07) is 3.84. The number of ether oxygens (including phenoxy) is 1. The number of benzene rings is 1. The number of hydrogen-bond donors (Lipinski definition) is 2. The quantitative estimate of drug-likeness (QED) is 0.588. The highest BCUT2D eigenvalue weighted by Crippen LogP contribution is 2.33. The molecule has 2 rings (SSSR count). The van der Waals surface area contributed by atoms with Crippen LogP contribution in [0.15, 0.2) is 18.2 Å². The summed E-state index contributed by atoms with van der Waals surface area (Å²) in [7, 11) is 0. The number of urea groups is 1. The van der Waals surface area contributed by atoms with Crippen LogP contribution in [0.3, 0.4) is 0 Å². The van der Waals surface area contributed by atoms with Crippen molar-refractivity contribution < 1.29 is 14.3 Å². The van der Waals surface area contributed by atoms with Crippen molar-refractivity contribution in [2.45, 2.75) is 0 Å². The molecule has 0 aliphatic carbocycles. The molecule has 0 saturated carbocycles. The first kappa shape index (κ1) is 9.32. The summed E-state index contributed by atoms with van der Waals surface area (Å²) < 4.78 is 5.12. The van der Waals surface area contributed by atoms with Crippen LogP contribution in [0.4, 0.5) is 16.2 Å². The zero-order valence-corrected chi connectivity index (χ0v) is 7.77. The summed E-state index contributed by atoms with van der Waals surface area (Å²) in [5.74, 6) is -0.0804. The summed E-state index contributed by atoms with van der Waals surface area (Å²) >= 11 is 0. The molecule has 0 atom stereocenters. The third-order valence-electron chi connectivity index (χ3n) is 2.04. The van der Waals surface area contributed by atoms with Crippen LogP contribution < -0.4 is 21.1 Å². The van der Waals surface area contributed by atoms with E-state index in [1.54, 1.807) is 12.1 Å². The Bertz CT molecular complexity index is 444. The summed E-state index contributed by atoms with van der Waals surface area (Å²) in [6.07, 6.45) is 0. The Morgan fingerprint density at radius 3 is 2.87 bits per heavy atom. The molecule has 78 valence electrons. The Balaban J connectivity index is 2.55. The molecule has 0 unspecified atom stereocenters. The van der Waals surface area contributed by atoms with Crippen LogP contribution >= 0.6 is 0 Å². The standard InChI is InChI=1S/C9H9N3O3/c10-5-1-2-7-6(3-5)12(9(11)14)8(13)4-15-7/h1-3H,4,10H2,(H2,11,14). The molecule has 1 heterocycles. The van der Waals surface area contributed by atoms with E-state index in [4.69, 9.17) is 16.2 Å². The van der Waals surface area contributed by atoms with Gasteiger partial charge in [0.1, 0.15) is 5.75 Å². The van der Waals surface area contributed by atoms with Crippen molar-refractivity contribution >= 4 is 23.3 Å². The average Bonchev–Trinajstić information content (AvgIpc) is 2.16. The molecule has 4 N–H and O–H groups in total. The molecular weight excluding hydrogens is 198 g/mol. The Kier molecular flexibility index (Phi) is 1.96. The second-order valence-electron chi connectivity index (χ2n) is 3.08. The summed E-state index contributed by atoms with van der Waals surface area (Å²) in [5.41, 5.74) is 11.4. The third kappa shape index (κ3) is 1.45. The number of nitrogen functional groups attached to an aromatic ring is 1. The highest BCUT2D eigenvalue weighted by atomic mass is 16.5. The highest BCUT2D eigenvalue weighted by molar-refractivity contribution is 6.16. The normalized spacial score (nSPS) is 14.4. The van der Waals surface area contributed by atoms with Crippen molar-refractivity contribution in [3.05, 3.63) is 18.2 Å². The van der Waals surface area contributed by atoms with Gasteiger partial charge in [-0.05, 0) is 18.2 Å². The van der Waals surface area contributed by atoms with E-state index in [1.807, 2.05) is 0 Å². The lowest BCUT2D eigenvalue weighted by molar-refractivity contribution is -0.120. The van der Waals surface area contributed by atoms with E-state index in [0.717, 1.165) is 4.90 Å². The van der Waals surface area contributed by atoms with Crippen LogP contribution in [-0.2, 0) is 4.79 Å². The Morgan fingerprint density at radius 2 is 2.20 bits per heavy atom. The van der Waals surface area contributed by atoms with E-state index in [1.165, 1.54) is 6.07 Å². The van der Waals surface area contributed by atoms with Crippen molar-refractivity contribution in [3.8, 4) is 5.75 Å². The fourth-order valence-electron chi connectivity index (χ4n) is 1.41. The molecule has 1 aromatic carbocycles. The monoisotopic (exact) mass is 207 g/mol. The third-order valence-corrected chi connectivity index (χ3v) is 2.04. The predicted octanol–water partition coefficient (Wildman–Crippen LogP) is 0.0729. The molecule has 1 aliphatic heterocycles. The SMILES string of the molecule is NC(=O)N1C(=O)COc2ccc(N)cc21. The van der Waals surface area contributed by atoms with E-state index in [-0.39, 0.29) is 6.61 Å². The van der Waals surface area contributed by atoms with Crippen molar-refractivity contribution in [2.75, 3.05) is 17.2 Å². The maximum Gasteiger partial charge on any atom is 0.326 e. The van der Waals surface area contributed by atoms with Crippen molar-refractivity contribution in [2.24, 2.45) is 5.73 Å². The lowest BCUT2D eigenvalue weighted by atomic mass is 10.2. The van der Waals surface area contributed by atoms with Gasteiger partial charge in [0.2, 0.25) is 0 Å². The van der Waals surface area contributed by atoms with Crippen molar-refractivity contribution in [1.29, 1.82) is 0 Å². The number of nitrogens with two attached hydrogens (primary N) is 2. The molecule has 0 radical (unpaired) electrons. The summed E-state index contributed by atoms with van der Waals surface area (Å²) in [5, 5.41) is 0. The first-order valence-electron chi connectivity index (χ1n) is 4.24. The molecule has 6 heteroatoms. The average molecular weight is 207 g/mol. The Hall–Kier alpha value is -2.24. The van der Waals surface area contributed by atoms with Gasteiger partial charge in [-0.25, -0.2) is 9.69 Å². The minimum atomic E-state index is -0.838. The zero-order chi connectivity index (χ0) is 11.0. The number of fused-ring (bicyclic) bond motifs is 1. The summed E-state index contributed by atoms with van der Waals surface area (Å²) in [4.78, 5) is 23.3. The van der Waals surface area contributed by atoms with E-state index < -0.39 is 11.9 Å². The number of rotatable bonds is 0. The molecule has 1 aromatic rings. The van der Waals surface area contributed by atoms with Crippen molar-refractivity contribution in [1.82, 2.24) is 0 Å². The van der Waals surface area contributed by atoms with Crippen LogP contribution in [0.5, 0.6) is 5.75 Å². The Morgan fingerprint density at radius 1 is 1.47 bits per heavy atom. The van der Waals surface area contributed by atoms with Gasteiger partial charge in [-0.15, -0.1) is 0 Å². The van der Waals surface area contributed by atoms with Gasteiger partial charge in [-0.3, -0.25) is 4.79 Å². The highest BCUT2D eigenvalue weighted by Gasteiger charge is 2.29. The summed E-state index contributed by atoms with van der Waals surface area (Å²) in [6.45, 7) is -0.195. The zero-order valence-electron chi connectivity index (χ0n) is 7.77. The van der Waals surface area contributed by atoms with E-state index in [0.29, 0.717) is 17.1 Å². The lowest BCUT2D eigenvalue weighted by Gasteiger charge is -2.26. The molecule has 0 spiro atoms. The van der Waals surface area contributed by atoms with Crippen LogP contribution in [0.25, 0.3) is 0 Å². The first-order chi connectivity index (χ1) is 7.09. The van der Waals surface area contributed by atoms with Crippen LogP contribution in [0.1, 0.15) is 0 Å². The minimum absolute atomic E-state index is 0.195. The number of amides is 3. The Labute approximate surface area is 85.4 Å². The smallest absolute Gasteiger partial charge is 0.326 e. The fraction of sp³-hybridized carbons (Fsp3) is 0.111. The van der Waals surface area contributed by atoms with Gasteiger partial charge in [-0.2, -0.15) is 0 Å². The van der Waals surface area contributed by atoms with Gasteiger partial charge >= 0.3 is 6.03 Å². The van der Waals surface area contributed by atoms with Gasteiger partial charge in [-0.1, -0.05) is 0 Å². The first-order valence-corrected chi connectivity index (χ1v) is 4.24. The molecule has 1 aliphatic rings. The second-order valence-corrected chi connectivity index (χ2v) is 3.08. The maximum atomic E-state index is 11.4. The number of carbonyl (C=O) groups excluding carboxylic acids is 2. The van der Waals surface area contributed by atoms with Gasteiger partial charge in [0.25, 0.3) is 5.91 Å². The fourth-order valence-corrected chi connectivity index (χ4v) is 1.41. The van der Waals surface area contributed by atoms with Gasteiger partial charge in [0.05, 0.1) is 5.69 Å². The van der Waals surface area contributed by atoms with E-state index in [2.05, 4.69) is 0 Å². The molecule has 0 saturated heterocycles. The molecule has 6 nitrogen and oxygen atoms in total. The number of nitrogens with zero attached hydrogens (tertiary/aromatic N) is 1. The number of carbonyl (C=O) groups is 2. The van der Waals surface area contributed by atoms with E-state index >= 15 is 0 Å². The van der Waals surface area contributed by atoms with Gasteiger partial charge < -0.3 is 16.2 Å². The minimum Gasteiger partial charge on any atom is -0.482 e. The van der Waals surface area contributed by atoms with Crippen LogP contribution in [0, 0.1) is 0 Å². The molecular formula is C9H9N3O3. The van der Waals surface area contributed by atoms with E-state index in [9.17, 15) is 9.59 Å².